The number of aromatic nitrogens is 3. The molecule has 8 aromatic carbocycles. The van der Waals surface area contributed by atoms with Crippen molar-refractivity contribution >= 4 is 54.8 Å². The van der Waals surface area contributed by atoms with Crippen LogP contribution in [0, 0.1) is 0 Å². The van der Waals surface area contributed by atoms with Crippen LogP contribution in [0.3, 0.4) is 0 Å². The van der Waals surface area contributed by atoms with Gasteiger partial charge in [-0.1, -0.05) is 140 Å². The third-order valence-electron chi connectivity index (χ3n) is 11.6. The molecule has 0 bridgehead atoms. The van der Waals surface area contributed by atoms with Crippen LogP contribution in [0.2, 0.25) is 0 Å². The van der Waals surface area contributed by atoms with Gasteiger partial charge in [0.25, 0.3) is 0 Å². The fraction of sp³-hybridized carbons (Fsp3) is 0. The Bertz CT molecular complexity index is 3580. The summed E-state index contributed by atoms with van der Waals surface area (Å²) >= 11 is 0. The highest BCUT2D eigenvalue weighted by Crippen LogP contribution is 2.38. The van der Waals surface area contributed by atoms with Gasteiger partial charge in [-0.2, -0.15) is 0 Å². The molecule has 12 rings (SSSR count). The third-order valence-corrected chi connectivity index (χ3v) is 11.6. The van der Waals surface area contributed by atoms with E-state index in [-0.39, 0.29) is 0 Å². The summed E-state index contributed by atoms with van der Waals surface area (Å²) in [7, 11) is 0. The second kappa shape index (κ2) is 13.8. The molecule has 0 amide bonds. The van der Waals surface area contributed by atoms with Crippen LogP contribution in [0.1, 0.15) is 0 Å². The summed E-state index contributed by atoms with van der Waals surface area (Å²) in [5, 5.41) is 5.53. The average Bonchev–Trinajstić information content (AvgIpc) is 3.89. The minimum atomic E-state index is 0.684. The Kier molecular flexibility index (Phi) is 7.78. The van der Waals surface area contributed by atoms with Gasteiger partial charge in [-0.3, -0.25) is 4.98 Å². The smallest absolute Gasteiger partial charge is 0.160 e. The third kappa shape index (κ3) is 5.83. The van der Waals surface area contributed by atoms with Gasteiger partial charge in [0.2, 0.25) is 0 Å². The van der Waals surface area contributed by atoms with E-state index < -0.39 is 0 Å². The van der Waals surface area contributed by atoms with Gasteiger partial charge >= 0.3 is 0 Å². The molecule has 0 saturated heterocycles. The maximum Gasteiger partial charge on any atom is 0.160 e. The van der Waals surface area contributed by atoms with Crippen LogP contribution in [-0.2, 0) is 0 Å². The molecule has 4 heterocycles. The topological polar surface area (TPSA) is 65.0 Å². The van der Waals surface area contributed by atoms with Crippen molar-refractivity contribution < 1.29 is 8.83 Å². The standard InChI is InChI=1S/C55H33N3O2/c1-2-8-39(9-3-1)55-57-48(33-49(58-55)37-21-17-35(18-22-37)43-13-6-10-38-11-7-29-56-54(38)43)36-19-15-34(16-20-36)40-23-26-52-46(30-40)47-32-42(25-28-53(47)60-52)41-24-27-51-45(31-41)44-12-4-5-14-50(44)59-51/h1-33H. The molecule has 0 aliphatic heterocycles. The number of hydrogen-bond donors (Lipinski definition) is 0. The van der Waals surface area contributed by atoms with Gasteiger partial charge in [0, 0.05) is 55.4 Å². The Morgan fingerprint density at radius 2 is 0.817 bits per heavy atom. The molecule has 0 radical (unpaired) electrons. The van der Waals surface area contributed by atoms with E-state index in [4.69, 9.17) is 18.8 Å². The zero-order valence-corrected chi connectivity index (χ0v) is 32.2. The van der Waals surface area contributed by atoms with Crippen LogP contribution < -0.4 is 0 Å². The normalized spacial score (nSPS) is 11.7. The minimum Gasteiger partial charge on any atom is -0.456 e. The van der Waals surface area contributed by atoms with E-state index in [1.165, 1.54) is 0 Å². The van der Waals surface area contributed by atoms with Gasteiger partial charge < -0.3 is 8.83 Å². The molecule has 0 fully saturated rings. The molecule has 60 heavy (non-hydrogen) atoms. The summed E-state index contributed by atoms with van der Waals surface area (Å²) in [6.45, 7) is 0. The summed E-state index contributed by atoms with van der Waals surface area (Å²) in [5.41, 5.74) is 15.9. The molecule has 12 aromatic rings. The molecule has 0 atom stereocenters. The minimum absolute atomic E-state index is 0.684. The first-order valence-corrected chi connectivity index (χ1v) is 20.1. The largest absolute Gasteiger partial charge is 0.456 e. The van der Waals surface area contributed by atoms with E-state index in [9.17, 15) is 0 Å². The highest BCUT2D eigenvalue weighted by molar-refractivity contribution is 6.09. The fourth-order valence-electron chi connectivity index (χ4n) is 8.49. The van der Waals surface area contributed by atoms with Crippen LogP contribution in [0.25, 0.3) is 122 Å². The van der Waals surface area contributed by atoms with Gasteiger partial charge in [0.1, 0.15) is 22.3 Å². The number of fused-ring (bicyclic) bond motifs is 7. The number of benzene rings is 8. The zero-order valence-electron chi connectivity index (χ0n) is 32.2. The van der Waals surface area contributed by atoms with Gasteiger partial charge in [-0.05, 0) is 82.4 Å². The quantitative estimate of drug-likeness (QED) is 0.169. The summed E-state index contributed by atoms with van der Waals surface area (Å²) in [6, 6.07) is 67.4. The predicted molar refractivity (Wildman–Crippen MR) is 245 cm³/mol. The number of hydrogen-bond acceptors (Lipinski definition) is 5. The molecule has 0 spiro atoms. The van der Waals surface area contributed by atoms with E-state index in [1.54, 1.807) is 0 Å². The van der Waals surface area contributed by atoms with Crippen LogP contribution in [0.15, 0.2) is 209 Å². The second-order valence-electron chi connectivity index (χ2n) is 15.2. The van der Waals surface area contributed by atoms with Crippen molar-refractivity contribution in [2.45, 2.75) is 0 Å². The van der Waals surface area contributed by atoms with Crippen molar-refractivity contribution in [1.29, 1.82) is 0 Å². The van der Waals surface area contributed by atoms with E-state index in [0.717, 1.165) is 116 Å². The molecule has 0 saturated carbocycles. The van der Waals surface area contributed by atoms with Crippen molar-refractivity contribution in [3.05, 3.63) is 200 Å². The lowest BCUT2D eigenvalue weighted by Crippen LogP contribution is -1.96. The summed E-state index contributed by atoms with van der Waals surface area (Å²) in [6.07, 6.45) is 1.85. The van der Waals surface area contributed by atoms with E-state index in [0.29, 0.717) is 5.82 Å². The highest BCUT2D eigenvalue weighted by Gasteiger charge is 2.15. The van der Waals surface area contributed by atoms with E-state index in [2.05, 4.69) is 163 Å². The first-order valence-electron chi connectivity index (χ1n) is 20.1. The Morgan fingerprint density at radius 3 is 1.47 bits per heavy atom. The number of rotatable bonds is 6. The Balaban J connectivity index is 0.887. The zero-order chi connectivity index (χ0) is 39.6. The molecule has 0 aliphatic rings. The summed E-state index contributed by atoms with van der Waals surface area (Å²) < 4.78 is 12.4. The predicted octanol–water partition coefficient (Wildman–Crippen LogP) is 14.8. The first kappa shape index (κ1) is 33.9. The van der Waals surface area contributed by atoms with Crippen LogP contribution in [0.4, 0.5) is 0 Å². The molecular formula is C55H33N3O2. The van der Waals surface area contributed by atoms with Crippen molar-refractivity contribution in [1.82, 2.24) is 15.0 Å². The van der Waals surface area contributed by atoms with E-state index >= 15 is 0 Å². The van der Waals surface area contributed by atoms with Gasteiger partial charge in [0.05, 0.1) is 16.9 Å². The van der Waals surface area contributed by atoms with Gasteiger partial charge in [0.15, 0.2) is 5.82 Å². The van der Waals surface area contributed by atoms with Crippen LogP contribution in [-0.4, -0.2) is 15.0 Å². The summed E-state index contributed by atoms with van der Waals surface area (Å²) in [4.78, 5) is 14.8. The fourth-order valence-corrected chi connectivity index (χ4v) is 8.49. The SMILES string of the molecule is c1ccc(-c2nc(-c3ccc(-c4ccc5oc6ccc(-c7ccc8oc9ccccc9c8c7)cc6c5c4)cc3)cc(-c3ccc(-c4cccc5cccnc45)cc3)n2)cc1. The number of furan rings is 2. The molecular weight excluding hydrogens is 735 g/mol. The van der Waals surface area contributed by atoms with Crippen molar-refractivity contribution in [2.75, 3.05) is 0 Å². The summed E-state index contributed by atoms with van der Waals surface area (Å²) in [5.74, 6) is 0.684. The lowest BCUT2D eigenvalue weighted by atomic mass is 9.98. The monoisotopic (exact) mass is 767 g/mol. The number of pyridine rings is 1. The number of nitrogens with zero attached hydrogens (tertiary/aromatic N) is 3. The maximum absolute atomic E-state index is 6.34. The van der Waals surface area contributed by atoms with Crippen molar-refractivity contribution in [3.63, 3.8) is 0 Å². The van der Waals surface area contributed by atoms with Gasteiger partial charge in [-0.25, -0.2) is 9.97 Å². The van der Waals surface area contributed by atoms with Crippen LogP contribution >= 0.6 is 0 Å². The molecule has 5 heteroatoms. The molecule has 0 aliphatic carbocycles. The average molecular weight is 768 g/mol. The molecule has 4 aromatic heterocycles. The highest BCUT2D eigenvalue weighted by atomic mass is 16.3. The van der Waals surface area contributed by atoms with E-state index in [1.807, 2.05) is 42.6 Å². The Labute approximate surface area is 344 Å². The van der Waals surface area contributed by atoms with Crippen LogP contribution in [0.5, 0.6) is 0 Å². The lowest BCUT2D eigenvalue weighted by molar-refractivity contribution is 0.668. The van der Waals surface area contributed by atoms with Crippen molar-refractivity contribution in [2.24, 2.45) is 0 Å². The Hall–Kier alpha value is -8.15. The second-order valence-corrected chi connectivity index (χ2v) is 15.2. The van der Waals surface area contributed by atoms with Crippen molar-refractivity contribution in [3.8, 4) is 67.3 Å². The number of para-hydroxylation sites is 2. The lowest BCUT2D eigenvalue weighted by Gasteiger charge is -2.11. The maximum atomic E-state index is 6.34. The molecule has 0 unspecified atom stereocenters. The molecule has 280 valence electrons. The van der Waals surface area contributed by atoms with Gasteiger partial charge in [-0.15, -0.1) is 0 Å². The Morgan fingerprint density at radius 1 is 0.317 bits per heavy atom. The molecule has 0 N–H and O–H groups in total. The first-order chi connectivity index (χ1) is 29.7. The molecule has 5 nitrogen and oxygen atoms in total.